The van der Waals surface area contributed by atoms with E-state index in [-0.39, 0.29) is 5.91 Å². The van der Waals surface area contributed by atoms with Gasteiger partial charge in [-0.1, -0.05) is 30.3 Å². The van der Waals surface area contributed by atoms with Gasteiger partial charge in [-0.05, 0) is 32.9 Å². The molecule has 1 rings (SSSR count). The van der Waals surface area contributed by atoms with Crippen LogP contribution in [0.2, 0.25) is 0 Å². The van der Waals surface area contributed by atoms with Gasteiger partial charge >= 0.3 is 0 Å². The summed E-state index contributed by atoms with van der Waals surface area (Å²) in [5.74, 6) is -0.810. The molecule has 0 aromatic heterocycles. The first kappa shape index (κ1) is 16.2. The molecule has 0 aliphatic rings. The maximum Gasteiger partial charge on any atom is 0.237 e. The number of nitriles is 1. The number of likely N-dealkylation sites (N-methyl/N-ethyl adjacent to an activating group) is 1. The molecule has 0 radical (unpaired) electrons. The van der Waals surface area contributed by atoms with Crippen LogP contribution in [0.1, 0.15) is 19.4 Å². The lowest BCUT2D eigenvalue weighted by Gasteiger charge is -2.21. The molecule has 1 N–H and O–H groups in total. The normalized spacial score (nSPS) is 12.2. The van der Waals surface area contributed by atoms with Crippen LogP contribution in [0.3, 0.4) is 0 Å². The maximum absolute atomic E-state index is 12.0. The minimum Gasteiger partial charge on any atom is -0.354 e. The molecular formula is C16H23N3O. The highest BCUT2D eigenvalue weighted by Gasteiger charge is 2.18. The molecule has 0 spiro atoms. The predicted octanol–water partition coefficient (Wildman–Crippen LogP) is 1.83. The van der Waals surface area contributed by atoms with E-state index >= 15 is 0 Å². The molecule has 0 aliphatic heterocycles. The van der Waals surface area contributed by atoms with Crippen molar-refractivity contribution >= 4 is 5.91 Å². The van der Waals surface area contributed by atoms with Crippen molar-refractivity contribution in [2.24, 2.45) is 5.92 Å². The quantitative estimate of drug-likeness (QED) is 0.824. The summed E-state index contributed by atoms with van der Waals surface area (Å²) >= 11 is 0. The molecule has 1 atom stereocenters. The molecule has 20 heavy (non-hydrogen) atoms. The average Bonchev–Trinajstić information content (AvgIpc) is 2.45. The van der Waals surface area contributed by atoms with E-state index in [4.69, 9.17) is 5.26 Å². The van der Waals surface area contributed by atoms with E-state index in [2.05, 4.69) is 30.1 Å². The van der Waals surface area contributed by atoms with Crippen LogP contribution >= 0.6 is 0 Å². The number of carbonyl (C=O) groups is 1. The first-order valence-corrected chi connectivity index (χ1v) is 6.96. The smallest absolute Gasteiger partial charge is 0.237 e. The van der Waals surface area contributed by atoms with Crippen LogP contribution in [0.25, 0.3) is 0 Å². The lowest BCUT2D eigenvalue weighted by molar-refractivity contribution is -0.123. The fourth-order valence-corrected chi connectivity index (χ4v) is 1.78. The first-order valence-electron chi connectivity index (χ1n) is 6.96. The van der Waals surface area contributed by atoms with Crippen LogP contribution in [-0.2, 0) is 11.2 Å². The molecule has 1 aromatic carbocycles. The zero-order valence-corrected chi connectivity index (χ0v) is 12.5. The fraction of sp³-hybridized carbons (Fsp3) is 0.500. The lowest BCUT2D eigenvalue weighted by atomic mass is 10.00. The van der Waals surface area contributed by atoms with Crippen molar-refractivity contribution in [3.05, 3.63) is 35.9 Å². The number of nitrogens with one attached hydrogen (secondary N) is 1. The third kappa shape index (κ3) is 5.41. The van der Waals surface area contributed by atoms with Gasteiger partial charge in [0.2, 0.25) is 5.91 Å². The van der Waals surface area contributed by atoms with Gasteiger partial charge in [0.05, 0.1) is 6.07 Å². The minimum atomic E-state index is -0.623. The third-order valence-corrected chi connectivity index (χ3v) is 3.40. The highest BCUT2D eigenvalue weighted by molar-refractivity contribution is 5.81. The largest absolute Gasteiger partial charge is 0.354 e. The molecule has 108 valence electrons. The SMILES string of the molecule is CC(C)N(C)CCNC(=O)C(C#N)Cc1ccccc1. The van der Waals surface area contributed by atoms with E-state index in [1.165, 1.54) is 0 Å². The number of hydrogen-bond acceptors (Lipinski definition) is 3. The van der Waals surface area contributed by atoms with Crippen molar-refractivity contribution in [1.29, 1.82) is 5.26 Å². The minimum absolute atomic E-state index is 0.187. The molecule has 0 fully saturated rings. The summed E-state index contributed by atoms with van der Waals surface area (Å²) in [4.78, 5) is 14.1. The van der Waals surface area contributed by atoms with E-state index in [0.29, 0.717) is 19.0 Å². The zero-order valence-electron chi connectivity index (χ0n) is 12.5. The number of nitrogens with zero attached hydrogens (tertiary/aromatic N) is 2. The Hall–Kier alpha value is -1.86. The van der Waals surface area contributed by atoms with E-state index in [9.17, 15) is 4.79 Å². The van der Waals surface area contributed by atoms with Crippen LogP contribution in [-0.4, -0.2) is 37.0 Å². The van der Waals surface area contributed by atoms with E-state index in [1.54, 1.807) is 0 Å². The van der Waals surface area contributed by atoms with E-state index in [0.717, 1.165) is 12.1 Å². The Kier molecular flexibility index (Phi) is 6.75. The lowest BCUT2D eigenvalue weighted by Crippen LogP contribution is -2.38. The number of rotatable bonds is 7. The molecule has 0 saturated carbocycles. The van der Waals surface area contributed by atoms with Crippen LogP contribution in [0, 0.1) is 17.2 Å². The van der Waals surface area contributed by atoms with Gasteiger partial charge in [-0.2, -0.15) is 5.26 Å². The maximum atomic E-state index is 12.0. The standard InChI is InChI=1S/C16H23N3O/c1-13(2)19(3)10-9-18-16(20)15(12-17)11-14-7-5-4-6-8-14/h4-8,13,15H,9-11H2,1-3H3,(H,18,20). The summed E-state index contributed by atoms with van der Waals surface area (Å²) in [5.41, 5.74) is 1.01. The van der Waals surface area contributed by atoms with Gasteiger partial charge in [0.15, 0.2) is 0 Å². The molecule has 1 amide bonds. The topological polar surface area (TPSA) is 56.1 Å². The average molecular weight is 273 g/mol. The van der Waals surface area contributed by atoms with Crippen molar-refractivity contribution in [3.8, 4) is 6.07 Å². The molecule has 0 saturated heterocycles. The fourth-order valence-electron chi connectivity index (χ4n) is 1.78. The van der Waals surface area contributed by atoms with Crippen LogP contribution in [0.4, 0.5) is 0 Å². The Morgan fingerprint density at radius 2 is 2.00 bits per heavy atom. The molecule has 1 aromatic rings. The van der Waals surface area contributed by atoms with Gasteiger partial charge in [0.25, 0.3) is 0 Å². The Balaban J connectivity index is 2.42. The van der Waals surface area contributed by atoms with Gasteiger partial charge in [-0.15, -0.1) is 0 Å². The summed E-state index contributed by atoms with van der Waals surface area (Å²) < 4.78 is 0. The van der Waals surface area contributed by atoms with Crippen molar-refractivity contribution in [2.75, 3.05) is 20.1 Å². The molecule has 1 unspecified atom stereocenters. The van der Waals surface area contributed by atoms with Gasteiger partial charge in [0, 0.05) is 19.1 Å². The van der Waals surface area contributed by atoms with Gasteiger partial charge in [-0.25, -0.2) is 0 Å². The van der Waals surface area contributed by atoms with Crippen molar-refractivity contribution < 1.29 is 4.79 Å². The second-order valence-corrected chi connectivity index (χ2v) is 5.24. The number of carbonyl (C=O) groups excluding carboxylic acids is 1. The van der Waals surface area contributed by atoms with Crippen molar-refractivity contribution in [3.63, 3.8) is 0 Å². The Morgan fingerprint density at radius 1 is 1.35 bits per heavy atom. The zero-order chi connectivity index (χ0) is 15.0. The van der Waals surface area contributed by atoms with E-state index in [1.807, 2.05) is 37.4 Å². The predicted molar refractivity (Wildman–Crippen MR) is 80.0 cm³/mol. The Labute approximate surface area is 121 Å². The summed E-state index contributed by atoms with van der Waals surface area (Å²) in [6.45, 7) is 5.57. The third-order valence-electron chi connectivity index (χ3n) is 3.40. The Bertz CT molecular complexity index is 451. The second-order valence-electron chi connectivity index (χ2n) is 5.24. The molecule has 0 bridgehead atoms. The highest BCUT2D eigenvalue weighted by Crippen LogP contribution is 2.08. The molecule has 0 aliphatic carbocycles. The summed E-state index contributed by atoms with van der Waals surface area (Å²) in [6, 6.07) is 12.2. The summed E-state index contributed by atoms with van der Waals surface area (Å²) in [5, 5.41) is 12.0. The first-order chi connectivity index (χ1) is 9.54. The summed E-state index contributed by atoms with van der Waals surface area (Å²) in [6.07, 6.45) is 0.462. The van der Waals surface area contributed by atoms with Crippen LogP contribution in [0.15, 0.2) is 30.3 Å². The van der Waals surface area contributed by atoms with Crippen LogP contribution < -0.4 is 5.32 Å². The number of amides is 1. The molecule has 0 heterocycles. The highest BCUT2D eigenvalue weighted by atomic mass is 16.1. The van der Waals surface area contributed by atoms with Gasteiger partial charge in [0.1, 0.15) is 5.92 Å². The Morgan fingerprint density at radius 3 is 2.55 bits per heavy atom. The monoisotopic (exact) mass is 273 g/mol. The van der Waals surface area contributed by atoms with Crippen molar-refractivity contribution in [1.82, 2.24) is 10.2 Å². The van der Waals surface area contributed by atoms with Gasteiger partial charge in [-0.3, -0.25) is 4.79 Å². The summed E-state index contributed by atoms with van der Waals surface area (Å²) in [7, 11) is 2.02. The number of hydrogen-bond donors (Lipinski definition) is 1. The molecule has 4 nitrogen and oxygen atoms in total. The molecule has 4 heteroatoms. The molecular weight excluding hydrogens is 250 g/mol. The van der Waals surface area contributed by atoms with Crippen LogP contribution in [0.5, 0.6) is 0 Å². The number of benzene rings is 1. The second kappa shape index (κ2) is 8.34. The van der Waals surface area contributed by atoms with E-state index < -0.39 is 5.92 Å². The van der Waals surface area contributed by atoms with Crippen molar-refractivity contribution in [2.45, 2.75) is 26.3 Å². The van der Waals surface area contributed by atoms with Gasteiger partial charge < -0.3 is 10.2 Å².